The molecule has 0 aromatic heterocycles. The number of rotatable bonds is 4. The van der Waals surface area contributed by atoms with Crippen molar-refractivity contribution in [2.24, 2.45) is 5.84 Å². The zero-order chi connectivity index (χ0) is 13.0. The Labute approximate surface area is 102 Å². The molecule has 0 spiro atoms. The fraction of sp³-hybridized carbons (Fsp3) is 0.462. The van der Waals surface area contributed by atoms with Crippen molar-refractivity contribution in [2.45, 2.75) is 27.2 Å². The number of carbonyl (C=O) groups is 1. The SMILES string of the molecule is Cc1cc(C)c(OCCC(=O)N(C)N)c(C)c1. The summed E-state index contributed by atoms with van der Waals surface area (Å²) in [6.45, 7) is 6.42. The van der Waals surface area contributed by atoms with Crippen LogP contribution in [0, 0.1) is 20.8 Å². The van der Waals surface area contributed by atoms with Crippen molar-refractivity contribution in [3.8, 4) is 5.75 Å². The number of hydrogen-bond acceptors (Lipinski definition) is 3. The number of amides is 1. The summed E-state index contributed by atoms with van der Waals surface area (Å²) in [5.41, 5.74) is 3.40. The maximum atomic E-state index is 11.3. The topological polar surface area (TPSA) is 55.6 Å². The predicted molar refractivity (Wildman–Crippen MR) is 67.7 cm³/mol. The monoisotopic (exact) mass is 236 g/mol. The first-order chi connectivity index (χ1) is 7.91. The van der Waals surface area contributed by atoms with Gasteiger partial charge in [0.15, 0.2) is 0 Å². The molecule has 94 valence electrons. The molecule has 2 N–H and O–H groups in total. The summed E-state index contributed by atoms with van der Waals surface area (Å²) in [4.78, 5) is 11.3. The Kier molecular flexibility index (Phi) is 4.52. The van der Waals surface area contributed by atoms with Gasteiger partial charge in [-0.2, -0.15) is 0 Å². The van der Waals surface area contributed by atoms with E-state index in [0.29, 0.717) is 13.0 Å². The third-order valence-electron chi connectivity index (χ3n) is 2.56. The van der Waals surface area contributed by atoms with Crippen LogP contribution < -0.4 is 10.6 Å². The smallest absolute Gasteiger partial charge is 0.239 e. The molecule has 0 aliphatic carbocycles. The summed E-state index contributed by atoms with van der Waals surface area (Å²) in [6, 6.07) is 4.14. The van der Waals surface area contributed by atoms with Gasteiger partial charge in [-0.1, -0.05) is 17.7 Å². The Balaban J connectivity index is 2.61. The number of benzene rings is 1. The molecule has 0 heterocycles. The van der Waals surface area contributed by atoms with Crippen LogP contribution in [0.25, 0.3) is 0 Å². The molecule has 0 aliphatic rings. The molecule has 0 saturated heterocycles. The molecule has 4 heteroatoms. The lowest BCUT2D eigenvalue weighted by atomic mass is 10.1. The van der Waals surface area contributed by atoms with Crippen LogP contribution in [-0.2, 0) is 4.79 Å². The van der Waals surface area contributed by atoms with Crippen LogP contribution in [0.5, 0.6) is 5.75 Å². The fourth-order valence-electron chi connectivity index (χ4n) is 1.81. The second kappa shape index (κ2) is 5.68. The van der Waals surface area contributed by atoms with Crippen LogP contribution in [0.3, 0.4) is 0 Å². The van der Waals surface area contributed by atoms with Crippen molar-refractivity contribution in [3.05, 3.63) is 28.8 Å². The highest BCUT2D eigenvalue weighted by Crippen LogP contribution is 2.24. The highest BCUT2D eigenvalue weighted by molar-refractivity contribution is 5.75. The zero-order valence-corrected chi connectivity index (χ0v) is 10.9. The zero-order valence-electron chi connectivity index (χ0n) is 10.9. The van der Waals surface area contributed by atoms with Crippen LogP contribution in [0.1, 0.15) is 23.1 Å². The molecular formula is C13H20N2O2. The van der Waals surface area contributed by atoms with Crippen LogP contribution in [0.2, 0.25) is 0 Å². The first-order valence-corrected chi connectivity index (χ1v) is 5.63. The first kappa shape index (κ1) is 13.5. The van der Waals surface area contributed by atoms with Crippen molar-refractivity contribution in [3.63, 3.8) is 0 Å². The van der Waals surface area contributed by atoms with Gasteiger partial charge in [-0.3, -0.25) is 9.80 Å². The van der Waals surface area contributed by atoms with E-state index in [1.807, 2.05) is 13.8 Å². The van der Waals surface area contributed by atoms with E-state index in [1.165, 1.54) is 12.6 Å². The van der Waals surface area contributed by atoms with E-state index in [2.05, 4.69) is 19.1 Å². The molecule has 0 unspecified atom stereocenters. The minimum Gasteiger partial charge on any atom is -0.493 e. The van der Waals surface area contributed by atoms with Gasteiger partial charge in [0.1, 0.15) is 5.75 Å². The second-order valence-corrected chi connectivity index (χ2v) is 4.33. The predicted octanol–water partition coefficient (Wildman–Crippen LogP) is 1.71. The largest absolute Gasteiger partial charge is 0.493 e. The average Bonchev–Trinajstić information content (AvgIpc) is 2.21. The summed E-state index contributed by atoms with van der Waals surface area (Å²) in [5.74, 6) is 6.06. The van der Waals surface area contributed by atoms with E-state index in [9.17, 15) is 4.79 Å². The number of hydrogen-bond donors (Lipinski definition) is 1. The first-order valence-electron chi connectivity index (χ1n) is 5.63. The van der Waals surface area contributed by atoms with Crippen molar-refractivity contribution in [2.75, 3.05) is 13.7 Å². The van der Waals surface area contributed by atoms with Crippen LogP contribution >= 0.6 is 0 Å². The van der Waals surface area contributed by atoms with E-state index in [1.54, 1.807) is 0 Å². The quantitative estimate of drug-likeness (QED) is 0.492. The van der Waals surface area contributed by atoms with Crippen molar-refractivity contribution in [1.82, 2.24) is 5.01 Å². The number of nitrogens with two attached hydrogens (primary N) is 1. The molecule has 17 heavy (non-hydrogen) atoms. The molecule has 0 aliphatic heterocycles. The molecule has 1 amide bonds. The lowest BCUT2D eigenvalue weighted by Crippen LogP contribution is -2.33. The van der Waals surface area contributed by atoms with Crippen molar-refractivity contribution >= 4 is 5.91 Å². The molecule has 0 radical (unpaired) electrons. The maximum Gasteiger partial charge on any atom is 0.239 e. The molecule has 4 nitrogen and oxygen atoms in total. The summed E-state index contributed by atoms with van der Waals surface area (Å²) in [7, 11) is 1.53. The minimum absolute atomic E-state index is 0.132. The molecule has 1 aromatic carbocycles. The normalized spacial score (nSPS) is 10.2. The lowest BCUT2D eigenvalue weighted by Gasteiger charge is -2.14. The van der Waals surface area contributed by atoms with Crippen LogP contribution in [0.4, 0.5) is 0 Å². The van der Waals surface area contributed by atoms with Crippen LogP contribution in [-0.4, -0.2) is 24.6 Å². The van der Waals surface area contributed by atoms with E-state index in [-0.39, 0.29) is 5.91 Å². The number of aryl methyl sites for hydroxylation is 3. The van der Waals surface area contributed by atoms with Gasteiger partial charge in [-0.25, -0.2) is 5.84 Å². The number of hydrazine groups is 1. The average molecular weight is 236 g/mol. The molecule has 0 fully saturated rings. The standard InChI is InChI=1S/C13H20N2O2/c1-9-7-10(2)13(11(3)8-9)17-6-5-12(16)15(4)14/h7-8H,5-6,14H2,1-4H3. The third-order valence-corrected chi connectivity index (χ3v) is 2.56. The lowest BCUT2D eigenvalue weighted by molar-refractivity contribution is -0.130. The second-order valence-electron chi connectivity index (χ2n) is 4.33. The Morgan fingerprint density at radius 1 is 1.29 bits per heavy atom. The van der Waals surface area contributed by atoms with Gasteiger partial charge in [0, 0.05) is 7.05 Å². The van der Waals surface area contributed by atoms with E-state index in [0.717, 1.165) is 21.9 Å². The highest BCUT2D eigenvalue weighted by atomic mass is 16.5. The Bertz CT molecular complexity index is 391. The molecule has 1 rings (SSSR count). The number of ether oxygens (including phenoxy) is 1. The summed E-state index contributed by atoms with van der Waals surface area (Å²) in [5, 5.41) is 1.08. The van der Waals surface area contributed by atoms with Gasteiger partial charge in [0.25, 0.3) is 0 Å². The highest BCUT2D eigenvalue weighted by Gasteiger charge is 2.08. The maximum absolute atomic E-state index is 11.3. The summed E-state index contributed by atoms with van der Waals surface area (Å²) < 4.78 is 5.64. The van der Waals surface area contributed by atoms with Gasteiger partial charge in [0.05, 0.1) is 13.0 Å². The molecular weight excluding hydrogens is 216 g/mol. The van der Waals surface area contributed by atoms with Crippen molar-refractivity contribution < 1.29 is 9.53 Å². The Morgan fingerprint density at radius 2 is 1.82 bits per heavy atom. The van der Waals surface area contributed by atoms with E-state index >= 15 is 0 Å². The molecule has 0 bridgehead atoms. The van der Waals surface area contributed by atoms with Gasteiger partial charge in [-0.15, -0.1) is 0 Å². The van der Waals surface area contributed by atoms with Crippen molar-refractivity contribution in [1.29, 1.82) is 0 Å². The van der Waals surface area contributed by atoms with Gasteiger partial charge >= 0.3 is 0 Å². The van der Waals surface area contributed by atoms with Gasteiger partial charge in [0.2, 0.25) is 5.91 Å². The van der Waals surface area contributed by atoms with E-state index < -0.39 is 0 Å². The molecule has 1 aromatic rings. The Hall–Kier alpha value is -1.55. The van der Waals surface area contributed by atoms with Crippen LogP contribution in [0.15, 0.2) is 12.1 Å². The molecule has 0 saturated carbocycles. The number of carbonyl (C=O) groups excluding carboxylic acids is 1. The summed E-state index contributed by atoms with van der Waals surface area (Å²) >= 11 is 0. The Morgan fingerprint density at radius 3 is 2.29 bits per heavy atom. The minimum atomic E-state index is -0.132. The van der Waals surface area contributed by atoms with Gasteiger partial charge < -0.3 is 4.74 Å². The fourth-order valence-corrected chi connectivity index (χ4v) is 1.81. The van der Waals surface area contributed by atoms with Gasteiger partial charge in [-0.05, 0) is 31.9 Å². The van der Waals surface area contributed by atoms with E-state index in [4.69, 9.17) is 10.6 Å². The molecule has 0 atom stereocenters. The third kappa shape index (κ3) is 3.75. The number of nitrogens with zero attached hydrogens (tertiary/aromatic N) is 1. The summed E-state index contributed by atoms with van der Waals surface area (Å²) in [6.07, 6.45) is 0.291.